The van der Waals surface area contributed by atoms with Gasteiger partial charge in [-0.1, -0.05) is 22.8 Å². The molecule has 0 aromatic carbocycles. The summed E-state index contributed by atoms with van der Waals surface area (Å²) in [5, 5.41) is 2.40. The highest BCUT2D eigenvalue weighted by atomic mass is 33.1. The van der Waals surface area contributed by atoms with Crippen LogP contribution in [0, 0.1) is 0 Å². The van der Waals surface area contributed by atoms with Crippen molar-refractivity contribution in [1.29, 1.82) is 0 Å². The molecule has 3 nitrogen and oxygen atoms in total. The first-order chi connectivity index (χ1) is 4.54. The minimum absolute atomic E-state index is 0.243. The molecular formula is C4H10NO2PS2. The average Bonchev–Trinajstić information content (AvgIpc) is 1.87. The van der Waals surface area contributed by atoms with Crippen molar-refractivity contribution in [2.24, 2.45) is 0 Å². The highest BCUT2D eigenvalue weighted by Gasteiger charge is 2.19. The Bertz CT molecular complexity index is 165. The lowest BCUT2D eigenvalue weighted by atomic mass is 10.8. The van der Waals surface area contributed by atoms with E-state index in [0.29, 0.717) is 0 Å². The number of amides is 1. The predicted molar refractivity (Wildman–Crippen MR) is 48.5 cm³/mol. The molecule has 0 atom stereocenters. The summed E-state index contributed by atoms with van der Waals surface area (Å²) in [5.74, 6) is -0.243. The molecule has 0 saturated heterocycles. The van der Waals surface area contributed by atoms with Gasteiger partial charge in [-0.05, 0) is 12.5 Å². The summed E-state index contributed by atoms with van der Waals surface area (Å²) in [4.78, 5) is 10.5. The zero-order chi connectivity index (χ0) is 8.20. The Kier molecular flexibility index (Phi) is 4.49. The summed E-state index contributed by atoms with van der Waals surface area (Å²) in [5.41, 5.74) is -2.50. The highest BCUT2D eigenvalue weighted by molar-refractivity contribution is 8.89. The number of nitrogens with one attached hydrogen (secondary N) is 1. The summed E-state index contributed by atoms with van der Waals surface area (Å²) in [7, 11) is 0. The van der Waals surface area contributed by atoms with E-state index in [4.69, 9.17) is 0 Å². The molecular weight excluding hydrogens is 189 g/mol. The molecule has 0 radical (unpaired) electrons. The van der Waals surface area contributed by atoms with Crippen molar-refractivity contribution in [3.05, 3.63) is 0 Å². The van der Waals surface area contributed by atoms with Crippen LogP contribution in [0.4, 0.5) is 0 Å². The molecule has 0 aromatic rings. The maximum Gasteiger partial charge on any atom is 0.279 e. The molecule has 0 saturated carbocycles. The van der Waals surface area contributed by atoms with Gasteiger partial charge in [-0.25, -0.2) is 0 Å². The van der Waals surface area contributed by atoms with Crippen molar-refractivity contribution in [1.82, 2.24) is 5.09 Å². The van der Waals surface area contributed by atoms with Gasteiger partial charge in [0, 0.05) is 6.92 Å². The second-order valence-corrected chi connectivity index (χ2v) is 9.45. The zero-order valence-corrected chi connectivity index (χ0v) is 8.61. The highest BCUT2D eigenvalue weighted by Crippen LogP contribution is 2.63. The van der Waals surface area contributed by atoms with Crippen LogP contribution in [-0.4, -0.2) is 18.4 Å². The van der Waals surface area contributed by atoms with E-state index in [9.17, 15) is 9.36 Å². The van der Waals surface area contributed by atoms with Gasteiger partial charge in [-0.15, -0.1) is 0 Å². The molecule has 0 rings (SSSR count). The van der Waals surface area contributed by atoms with Gasteiger partial charge in [0.2, 0.25) is 5.91 Å². The molecule has 1 amide bonds. The molecule has 0 unspecified atom stereocenters. The van der Waals surface area contributed by atoms with Crippen molar-refractivity contribution in [2.75, 3.05) is 12.5 Å². The van der Waals surface area contributed by atoms with Gasteiger partial charge in [-0.3, -0.25) is 14.4 Å². The van der Waals surface area contributed by atoms with E-state index in [1.165, 1.54) is 29.7 Å². The summed E-state index contributed by atoms with van der Waals surface area (Å²) < 4.78 is 11.4. The second kappa shape index (κ2) is 4.31. The van der Waals surface area contributed by atoms with E-state index >= 15 is 0 Å². The Morgan fingerprint density at radius 1 is 1.40 bits per heavy atom. The Hall–Kier alpha value is 0.400. The molecule has 10 heavy (non-hydrogen) atoms. The van der Waals surface area contributed by atoms with Gasteiger partial charge in [0.25, 0.3) is 5.70 Å². The van der Waals surface area contributed by atoms with Crippen LogP contribution in [0.1, 0.15) is 6.92 Å². The third kappa shape index (κ3) is 3.54. The fraction of sp³-hybridized carbons (Fsp3) is 0.750. The minimum atomic E-state index is -2.50. The van der Waals surface area contributed by atoms with E-state index in [1.807, 2.05) is 0 Å². The monoisotopic (exact) mass is 199 g/mol. The predicted octanol–water partition coefficient (Wildman–Crippen LogP) is 1.96. The number of carbonyl (C=O) groups excluding carboxylic acids is 1. The van der Waals surface area contributed by atoms with Crippen LogP contribution >= 0.6 is 28.5 Å². The second-order valence-electron chi connectivity index (χ2n) is 1.53. The van der Waals surface area contributed by atoms with Crippen molar-refractivity contribution in [2.45, 2.75) is 6.92 Å². The number of rotatable bonds is 3. The SMILES string of the molecule is CSP(=O)(NC(C)=O)SC. The van der Waals surface area contributed by atoms with Gasteiger partial charge in [0.05, 0.1) is 0 Å². The first-order valence-electron chi connectivity index (χ1n) is 2.54. The van der Waals surface area contributed by atoms with Crippen LogP contribution in [0.5, 0.6) is 0 Å². The molecule has 0 aromatic heterocycles. The lowest BCUT2D eigenvalue weighted by Gasteiger charge is -2.11. The molecule has 1 N–H and O–H groups in total. The summed E-state index contributed by atoms with van der Waals surface area (Å²) in [6, 6.07) is 0. The number of hydrogen-bond acceptors (Lipinski definition) is 4. The van der Waals surface area contributed by atoms with Crippen LogP contribution in [0.2, 0.25) is 0 Å². The van der Waals surface area contributed by atoms with Crippen LogP contribution in [-0.2, 0) is 9.36 Å². The fourth-order valence-electron chi connectivity index (χ4n) is 0.359. The molecule has 0 spiro atoms. The first kappa shape index (κ1) is 10.4. The fourth-order valence-corrected chi connectivity index (χ4v) is 4.18. The van der Waals surface area contributed by atoms with E-state index in [2.05, 4.69) is 5.09 Å². The van der Waals surface area contributed by atoms with Gasteiger partial charge < -0.3 is 0 Å². The molecule has 0 heterocycles. The van der Waals surface area contributed by atoms with Crippen LogP contribution in [0.25, 0.3) is 0 Å². The molecule has 0 aliphatic rings. The van der Waals surface area contributed by atoms with Crippen molar-refractivity contribution >= 4 is 34.4 Å². The van der Waals surface area contributed by atoms with Crippen molar-refractivity contribution in [3.8, 4) is 0 Å². The Morgan fingerprint density at radius 2 is 1.80 bits per heavy atom. The molecule has 0 aliphatic heterocycles. The first-order valence-corrected chi connectivity index (χ1v) is 7.91. The Labute approximate surface area is 68.6 Å². The Morgan fingerprint density at radius 3 is 1.90 bits per heavy atom. The van der Waals surface area contributed by atoms with Crippen LogP contribution in [0.15, 0.2) is 0 Å². The number of carbonyl (C=O) groups is 1. The van der Waals surface area contributed by atoms with Crippen molar-refractivity contribution in [3.63, 3.8) is 0 Å². The minimum Gasteiger partial charge on any atom is -0.291 e. The molecule has 0 aliphatic carbocycles. The molecule has 0 bridgehead atoms. The van der Waals surface area contributed by atoms with Crippen molar-refractivity contribution < 1.29 is 9.36 Å². The smallest absolute Gasteiger partial charge is 0.279 e. The molecule has 6 heteroatoms. The van der Waals surface area contributed by atoms with Gasteiger partial charge in [0.15, 0.2) is 0 Å². The van der Waals surface area contributed by atoms with Crippen LogP contribution < -0.4 is 5.09 Å². The third-order valence-corrected chi connectivity index (χ3v) is 8.44. The lowest BCUT2D eigenvalue weighted by Crippen LogP contribution is -2.12. The maximum atomic E-state index is 11.4. The van der Waals surface area contributed by atoms with Gasteiger partial charge >= 0.3 is 0 Å². The summed E-state index contributed by atoms with van der Waals surface area (Å²) in [6.45, 7) is 1.36. The molecule has 60 valence electrons. The van der Waals surface area contributed by atoms with E-state index in [-0.39, 0.29) is 5.91 Å². The topological polar surface area (TPSA) is 46.2 Å². The summed E-state index contributed by atoms with van der Waals surface area (Å²) in [6.07, 6.45) is 3.43. The van der Waals surface area contributed by atoms with Gasteiger partial charge in [0.1, 0.15) is 0 Å². The number of hydrogen-bond donors (Lipinski definition) is 1. The Balaban J connectivity index is 4.07. The summed E-state index contributed by atoms with van der Waals surface area (Å²) >= 11 is 2.37. The third-order valence-electron chi connectivity index (χ3n) is 0.775. The largest absolute Gasteiger partial charge is 0.291 e. The normalized spacial score (nSPS) is 11.1. The maximum absolute atomic E-state index is 11.4. The zero-order valence-electron chi connectivity index (χ0n) is 6.08. The average molecular weight is 199 g/mol. The quantitative estimate of drug-likeness (QED) is 0.706. The van der Waals surface area contributed by atoms with E-state index < -0.39 is 5.70 Å². The van der Waals surface area contributed by atoms with Crippen LogP contribution in [0.3, 0.4) is 0 Å². The standard InChI is InChI=1S/C4H10NO2PS2/c1-4(6)5-8(7,9-2)10-3/h1-3H3,(H,5,6,7). The molecule has 0 fully saturated rings. The lowest BCUT2D eigenvalue weighted by molar-refractivity contribution is -0.117. The van der Waals surface area contributed by atoms with E-state index in [0.717, 1.165) is 0 Å². The van der Waals surface area contributed by atoms with E-state index in [1.54, 1.807) is 12.5 Å². The van der Waals surface area contributed by atoms with Gasteiger partial charge in [-0.2, -0.15) is 0 Å².